The van der Waals surface area contributed by atoms with Crippen molar-refractivity contribution in [1.29, 1.82) is 0 Å². The molecule has 0 amide bonds. The number of likely N-dealkylation sites (N-methyl/N-ethyl adjacent to an activating group) is 1. The summed E-state index contributed by atoms with van der Waals surface area (Å²) in [7, 11) is 5.40. The van der Waals surface area contributed by atoms with Crippen LogP contribution in [-0.4, -0.2) is 75.5 Å². The van der Waals surface area contributed by atoms with Crippen molar-refractivity contribution < 1.29 is 38.2 Å². The van der Waals surface area contributed by atoms with E-state index in [2.05, 4.69) is 74.6 Å². The van der Waals surface area contributed by atoms with Crippen LogP contribution in [0.25, 0.3) is 0 Å². The second-order valence-electron chi connectivity index (χ2n) is 18.7. The predicted octanol–water partition coefficient (Wildman–Crippen LogP) is 14.0. The van der Waals surface area contributed by atoms with Crippen molar-refractivity contribution >= 4 is 17.9 Å². The topological polar surface area (TPSA) is 102 Å². The molecule has 0 heterocycles. The summed E-state index contributed by atoms with van der Waals surface area (Å²) in [5.41, 5.74) is 0. The van der Waals surface area contributed by atoms with Gasteiger partial charge in [0.1, 0.15) is 12.6 Å². The first-order valence-corrected chi connectivity index (χ1v) is 26.3. The average molecular weight is 898 g/mol. The van der Waals surface area contributed by atoms with E-state index in [-0.39, 0.29) is 49.1 Å². The number of rotatable bonds is 47. The van der Waals surface area contributed by atoms with Gasteiger partial charge in [0.05, 0.1) is 40.3 Å². The van der Waals surface area contributed by atoms with Crippen molar-refractivity contribution in [1.82, 2.24) is 0 Å². The predicted molar refractivity (Wildman–Crippen MR) is 268 cm³/mol. The lowest BCUT2D eigenvalue weighted by molar-refractivity contribution is -0.889. The van der Waals surface area contributed by atoms with Gasteiger partial charge in [0.15, 0.2) is 6.10 Å². The van der Waals surface area contributed by atoms with Gasteiger partial charge in [-0.15, -0.1) is 0 Å². The molecule has 0 aliphatic rings. The number of quaternary nitrogens is 1. The molecule has 2 unspecified atom stereocenters. The summed E-state index contributed by atoms with van der Waals surface area (Å²) in [5, 5.41) is 11.7. The number of aliphatic carboxylic acids is 1. The minimum absolute atomic E-state index is 0.0271. The van der Waals surface area contributed by atoms with Crippen molar-refractivity contribution in [3.8, 4) is 0 Å². The van der Waals surface area contributed by atoms with Crippen molar-refractivity contribution in [2.45, 2.75) is 238 Å². The maximum absolute atomic E-state index is 12.8. The van der Waals surface area contributed by atoms with E-state index in [1.165, 1.54) is 116 Å². The number of allylic oxidation sites excluding steroid dienone is 10. The van der Waals surface area contributed by atoms with Gasteiger partial charge in [-0.2, -0.15) is 0 Å². The van der Waals surface area contributed by atoms with E-state index in [0.29, 0.717) is 12.8 Å². The van der Waals surface area contributed by atoms with Gasteiger partial charge >= 0.3 is 11.9 Å². The quantitative estimate of drug-likeness (QED) is 0.0259. The molecule has 0 N–H and O–H groups in total. The van der Waals surface area contributed by atoms with Gasteiger partial charge in [-0.1, -0.05) is 209 Å². The summed E-state index contributed by atoms with van der Waals surface area (Å²) in [4.78, 5) is 37.1. The molecule has 0 saturated heterocycles. The van der Waals surface area contributed by atoms with Crippen molar-refractivity contribution in [3.05, 3.63) is 60.8 Å². The number of hydrogen-bond acceptors (Lipinski definition) is 7. The lowest BCUT2D eigenvalue weighted by atomic mass is 10.0. The summed E-state index contributed by atoms with van der Waals surface area (Å²) in [6.07, 6.45) is 58.3. The Kier molecular flexibility index (Phi) is 44.4. The normalized spacial score (nSPS) is 13.3. The number of carbonyl (C=O) groups excluding carboxylic acids is 3. The molecule has 0 aromatic rings. The summed E-state index contributed by atoms with van der Waals surface area (Å²) < 4.78 is 17.2. The van der Waals surface area contributed by atoms with Gasteiger partial charge in [-0.05, 0) is 57.8 Å². The van der Waals surface area contributed by atoms with Gasteiger partial charge < -0.3 is 28.6 Å². The molecule has 0 aliphatic carbocycles. The minimum Gasteiger partial charge on any atom is -0.544 e. The molecule has 0 aromatic heterocycles. The summed E-state index contributed by atoms with van der Waals surface area (Å²) >= 11 is 0. The Morgan fingerprint density at radius 3 is 1.30 bits per heavy atom. The zero-order valence-corrected chi connectivity index (χ0v) is 42.2. The molecule has 8 nitrogen and oxygen atoms in total. The third kappa shape index (κ3) is 44.2. The molecular weight excluding hydrogens is 799 g/mol. The number of carboxylic acids is 1. The molecule has 0 radical (unpaired) electrons. The molecule has 0 bridgehead atoms. The number of unbranched alkanes of at least 4 members (excludes halogenated alkanes) is 23. The monoisotopic (exact) mass is 898 g/mol. The minimum atomic E-state index is -1.13. The smallest absolute Gasteiger partial charge is 0.306 e. The van der Waals surface area contributed by atoms with Crippen LogP contribution in [-0.2, 0) is 28.6 Å². The highest BCUT2D eigenvalue weighted by Crippen LogP contribution is 2.16. The van der Waals surface area contributed by atoms with Crippen LogP contribution < -0.4 is 5.11 Å². The molecule has 8 heteroatoms. The Morgan fingerprint density at radius 2 is 0.875 bits per heavy atom. The van der Waals surface area contributed by atoms with Gasteiger partial charge in [0.2, 0.25) is 0 Å². The maximum Gasteiger partial charge on any atom is 0.306 e. The van der Waals surface area contributed by atoms with Crippen LogP contribution in [0.15, 0.2) is 60.8 Å². The van der Waals surface area contributed by atoms with Gasteiger partial charge in [-0.3, -0.25) is 9.59 Å². The number of ether oxygens (including phenoxy) is 3. The van der Waals surface area contributed by atoms with Crippen molar-refractivity contribution in [2.75, 3.05) is 41.0 Å². The fourth-order valence-electron chi connectivity index (χ4n) is 7.63. The van der Waals surface area contributed by atoms with Crippen LogP contribution in [0.5, 0.6) is 0 Å². The number of nitrogens with zero attached hydrogens (tertiary/aromatic N) is 1. The zero-order chi connectivity index (χ0) is 47.0. The lowest BCUT2D eigenvalue weighted by Gasteiger charge is -2.34. The molecular formula is C56H99NO7. The second-order valence-corrected chi connectivity index (χ2v) is 18.7. The fourth-order valence-corrected chi connectivity index (χ4v) is 7.63. The van der Waals surface area contributed by atoms with E-state index >= 15 is 0 Å². The van der Waals surface area contributed by atoms with Gasteiger partial charge in [0.25, 0.3) is 0 Å². The second kappa shape index (κ2) is 46.6. The Hall–Kier alpha value is -2.97. The standard InChI is InChI=1S/C56H99NO7/c1-6-8-10-12-14-16-18-20-22-24-26-27-29-30-32-34-36-38-40-42-44-46-54(58)63-51-52(50-62-49-48-53(56(60)61)57(3,4)5)64-55(59)47-45-43-41-39-37-35-33-31-28-25-23-21-19-17-15-13-11-9-7-2/h9,11,15,17,21,23,28,31,35,37,52-53H,6-8,10,12-14,16,18-20,22,24-27,29-30,32-34,36,38-51H2,1-5H3/b11-9-,17-15-,23-21-,31-28-,37-35-. The molecule has 0 saturated carbocycles. The van der Waals surface area contributed by atoms with Crippen LogP contribution in [0, 0.1) is 0 Å². The maximum atomic E-state index is 12.8. The molecule has 2 atom stereocenters. The highest BCUT2D eigenvalue weighted by atomic mass is 16.6. The van der Waals surface area contributed by atoms with E-state index < -0.39 is 18.1 Å². The van der Waals surface area contributed by atoms with Crippen molar-refractivity contribution in [2.24, 2.45) is 0 Å². The third-order valence-corrected chi connectivity index (χ3v) is 11.7. The molecule has 64 heavy (non-hydrogen) atoms. The van der Waals surface area contributed by atoms with Crippen molar-refractivity contribution in [3.63, 3.8) is 0 Å². The Bertz CT molecular complexity index is 1230. The first-order chi connectivity index (χ1) is 31.1. The largest absolute Gasteiger partial charge is 0.544 e. The SMILES string of the molecule is CC/C=C\C/C=C\C/C=C\C/C=C\C/C=C\CCCCCC(=O)OC(COCCC(C(=O)[O-])[N+](C)(C)C)COC(=O)CCCCCCCCCCCCCCCCCCCCCCC. The Balaban J connectivity index is 4.27. The van der Waals surface area contributed by atoms with Crippen LogP contribution in [0.2, 0.25) is 0 Å². The number of hydrogen-bond donors (Lipinski definition) is 0. The van der Waals surface area contributed by atoms with E-state index in [9.17, 15) is 19.5 Å². The molecule has 0 rings (SSSR count). The lowest BCUT2D eigenvalue weighted by Crippen LogP contribution is -2.55. The summed E-state index contributed by atoms with van der Waals surface area (Å²) in [6, 6.07) is -0.734. The molecule has 0 fully saturated rings. The molecule has 0 aromatic carbocycles. The molecule has 0 aliphatic heterocycles. The Morgan fingerprint density at radius 1 is 0.484 bits per heavy atom. The average Bonchev–Trinajstić information content (AvgIpc) is 3.26. The van der Waals surface area contributed by atoms with E-state index in [1.807, 2.05) is 0 Å². The fraction of sp³-hybridized carbons (Fsp3) is 0.768. The number of carboxylic acid groups (broad SMARTS) is 1. The van der Waals surface area contributed by atoms with Crippen LogP contribution in [0.1, 0.15) is 226 Å². The highest BCUT2D eigenvalue weighted by Gasteiger charge is 2.25. The van der Waals surface area contributed by atoms with Crippen LogP contribution in [0.3, 0.4) is 0 Å². The third-order valence-electron chi connectivity index (χ3n) is 11.7. The zero-order valence-electron chi connectivity index (χ0n) is 42.2. The van der Waals surface area contributed by atoms with Gasteiger partial charge in [0, 0.05) is 19.3 Å². The summed E-state index contributed by atoms with van der Waals surface area (Å²) in [6.45, 7) is 4.54. The Labute approximate surface area is 394 Å². The first kappa shape index (κ1) is 61.0. The van der Waals surface area contributed by atoms with Crippen LogP contribution in [0.4, 0.5) is 0 Å². The number of esters is 2. The van der Waals surface area contributed by atoms with E-state index in [4.69, 9.17) is 14.2 Å². The first-order valence-electron chi connectivity index (χ1n) is 26.3. The van der Waals surface area contributed by atoms with E-state index in [1.54, 1.807) is 21.1 Å². The highest BCUT2D eigenvalue weighted by molar-refractivity contribution is 5.70. The number of carbonyl (C=O) groups is 3. The van der Waals surface area contributed by atoms with E-state index in [0.717, 1.165) is 70.6 Å². The molecule has 370 valence electrons. The van der Waals surface area contributed by atoms with Crippen LogP contribution >= 0.6 is 0 Å². The summed E-state index contributed by atoms with van der Waals surface area (Å²) in [5.74, 6) is -1.77. The molecule has 0 spiro atoms. The van der Waals surface area contributed by atoms with Gasteiger partial charge in [-0.25, -0.2) is 0 Å².